The van der Waals surface area contributed by atoms with Crippen LogP contribution in [0.4, 0.5) is 5.69 Å². The van der Waals surface area contributed by atoms with Crippen molar-refractivity contribution in [2.24, 2.45) is 11.8 Å². The zero-order valence-electron chi connectivity index (χ0n) is 21.0. The molecule has 1 aromatic rings. The van der Waals surface area contributed by atoms with Crippen LogP contribution in [0, 0.1) is 11.8 Å². The molecule has 6 atom stereocenters. The molecule has 2 saturated carbocycles. The SMILES string of the molecule is CC1CC1C[C@@H]1CN(c2cccc3c2C[C@H](CN(C)[C@H]2CCCC4=CC=CNC42)NC3)CCO1. The summed E-state index contributed by atoms with van der Waals surface area (Å²) >= 11 is 0. The Morgan fingerprint density at radius 3 is 3.06 bits per heavy atom. The van der Waals surface area contributed by atoms with Crippen LogP contribution in [0.15, 0.2) is 42.1 Å². The molecular formula is C29H42N4O. The lowest BCUT2D eigenvalue weighted by molar-refractivity contribution is 0.0308. The fraction of sp³-hybridized carbons (Fsp3) is 0.655. The number of hydrogen-bond donors (Lipinski definition) is 2. The lowest BCUT2D eigenvalue weighted by Crippen LogP contribution is -2.54. The molecule has 5 heteroatoms. The summed E-state index contributed by atoms with van der Waals surface area (Å²) < 4.78 is 6.18. The van der Waals surface area contributed by atoms with Gasteiger partial charge in [-0.1, -0.05) is 25.1 Å². The Kier molecular flexibility index (Phi) is 6.44. The topological polar surface area (TPSA) is 39.8 Å². The average molecular weight is 463 g/mol. The van der Waals surface area contributed by atoms with Gasteiger partial charge in [-0.15, -0.1) is 0 Å². The van der Waals surface area contributed by atoms with E-state index in [0.29, 0.717) is 24.2 Å². The van der Waals surface area contributed by atoms with Crippen LogP contribution in [0.1, 0.15) is 50.2 Å². The summed E-state index contributed by atoms with van der Waals surface area (Å²) in [5.41, 5.74) is 6.10. The summed E-state index contributed by atoms with van der Waals surface area (Å²) in [6.45, 7) is 7.39. The molecule has 0 aromatic heterocycles. The van der Waals surface area contributed by atoms with Gasteiger partial charge in [-0.2, -0.15) is 0 Å². The normalized spacial score (nSPS) is 34.8. The Hall–Kier alpha value is -1.82. The number of morpholine rings is 1. The minimum atomic E-state index is 0.397. The van der Waals surface area contributed by atoms with E-state index < -0.39 is 0 Å². The van der Waals surface area contributed by atoms with Crippen molar-refractivity contribution in [2.45, 2.75) is 76.2 Å². The highest BCUT2D eigenvalue weighted by molar-refractivity contribution is 5.58. The van der Waals surface area contributed by atoms with Gasteiger partial charge in [0.25, 0.3) is 0 Å². The largest absolute Gasteiger partial charge is 0.383 e. The van der Waals surface area contributed by atoms with Crippen LogP contribution in [-0.2, 0) is 17.7 Å². The molecule has 3 heterocycles. The Labute approximate surface area is 205 Å². The van der Waals surface area contributed by atoms with Crippen LogP contribution in [0.3, 0.4) is 0 Å². The van der Waals surface area contributed by atoms with Crippen molar-refractivity contribution in [1.29, 1.82) is 0 Å². The number of likely N-dealkylation sites (N-methyl/N-ethyl adjacent to an activating group) is 1. The molecule has 1 saturated heterocycles. The van der Waals surface area contributed by atoms with Crippen LogP contribution in [0.5, 0.6) is 0 Å². The van der Waals surface area contributed by atoms with Crippen molar-refractivity contribution >= 4 is 5.69 Å². The molecule has 2 aliphatic carbocycles. The maximum Gasteiger partial charge on any atom is 0.0753 e. The number of hydrogen-bond acceptors (Lipinski definition) is 5. The van der Waals surface area contributed by atoms with Crippen molar-refractivity contribution in [3.8, 4) is 0 Å². The lowest BCUT2D eigenvalue weighted by atomic mass is 9.83. The van der Waals surface area contributed by atoms with E-state index in [2.05, 4.69) is 71.0 Å². The van der Waals surface area contributed by atoms with Crippen LogP contribution in [-0.4, -0.2) is 62.4 Å². The molecule has 3 unspecified atom stereocenters. The minimum Gasteiger partial charge on any atom is -0.383 e. The second-order valence-electron chi connectivity index (χ2n) is 11.5. The van der Waals surface area contributed by atoms with Crippen LogP contribution < -0.4 is 15.5 Å². The van der Waals surface area contributed by atoms with Gasteiger partial charge in [0.15, 0.2) is 0 Å². The molecule has 5 aliphatic rings. The lowest BCUT2D eigenvalue weighted by Gasteiger charge is -2.43. The zero-order valence-corrected chi connectivity index (χ0v) is 21.0. The summed E-state index contributed by atoms with van der Waals surface area (Å²) in [4.78, 5) is 5.25. The summed E-state index contributed by atoms with van der Waals surface area (Å²) in [5, 5.41) is 7.51. The molecule has 6 rings (SSSR count). The molecule has 2 N–H and O–H groups in total. The highest BCUT2D eigenvalue weighted by atomic mass is 16.5. The van der Waals surface area contributed by atoms with E-state index in [9.17, 15) is 0 Å². The van der Waals surface area contributed by atoms with Gasteiger partial charge in [0.05, 0.1) is 18.8 Å². The maximum absolute atomic E-state index is 6.18. The third-order valence-corrected chi connectivity index (χ3v) is 9.11. The second kappa shape index (κ2) is 9.67. The number of nitrogens with zero attached hydrogens (tertiary/aromatic N) is 2. The van der Waals surface area contributed by atoms with Crippen molar-refractivity contribution in [3.63, 3.8) is 0 Å². The van der Waals surface area contributed by atoms with Crippen LogP contribution in [0.2, 0.25) is 0 Å². The first kappa shape index (κ1) is 22.6. The smallest absolute Gasteiger partial charge is 0.0753 e. The molecule has 34 heavy (non-hydrogen) atoms. The van der Waals surface area contributed by atoms with E-state index in [1.165, 1.54) is 43.4 Å². The predicted molar refractivity (Wildman–Crippen MR) is 139 cm³/mol. The first-order valence-corrected chi connectivity index (χ1v) is 13.7. The van der Waals surface area contributed by atoms with Gasteiger partial charge in [0, 0.05) is 44.0 Å². The molecule has 0 radical (unpaired) electrons. The monoisotopic (exact) mass is 462 g/mol. The molecule has 0 spiro atoms. The van der Waals surface area contributed by atoms with Crippen molar-refractivity contribution < 1.29 is 4.74 Å². The standard InChI is InChI=1S/C29H42N4O/c1-20-14-23(20)15-25-19-33(12-13-34-25)27-9-4-7-22-17-31-24(16-26(22)27)18-32(2)28-10-3-6-21-8-5-11-30-29(21)28/h4-5,7-9,11,20,23-25,28-31H,3,6,10,12-19H2,1-2H3/t20?,23?,24-,25-,28+,29?/m1/s1. The van der Waals surface area contributed by atoms with Crippen LogP contribution >= 0.6 is 0 Å². The Balaban J connectivity index is 1.13. The number of rotatable bonds is 6. The van der Waals surface area contributed by atoms with Gasteiger partial charge >= 0.3 is 0 Å². The van der Waals surface area contributed by atoms with Crippen molar-refractivity contribution in [3.05, 3.63) is 53.3 Å². The number of dihydropyridines is 1. The first-order chi connectivity index (χ1) is 16.7. The number of ether oxygens (including phenoxy) is 1. The van der Waals surface area contributed by atoms with Gasteiger partial charge in [-0.05, 0) is 92.5 Å². The average Bonchev–Trinajstić information content (AvgIpc) is 3.57. The summed E-state index contributed by atoms with van der Waals surface area (Å²) in [6, 6.07) is 8.50. The summed E-state index contributed by atoms with van der Waals surface area (Å²) in [7, 11) is 2.34. The molecular weight excluding hydrogens is 420 g/mol. The molecule has 3 fully saturated rings. The zero-order chi connectivity index (χ0) is 23.1. The third-order valence-electron chi connectivity index (χ3n) is 9.11. The van der Waals surface area contributed by atoms with Gasteiger partial charge in [0.1, 0.15) is 0 Å². The highest BCUT2D eigenvalue weighted by Crippen LogP contribution is 2.42. The number of benzene rings is 1. The molecule has 3 aliphatic heterocycles. The Morgan fingerprint density at radius 2 is 2.18 bits per heavy atom. The minimum absolute atomic E-state index is 0.397. The van der Waals surface area contributed by atoms with E-state index in [0.717, 1.165) is 51.0 Å². The van der Waals surface area contributed by atoms with Crippen molar-refractivity contribution in [2.75, 3.05) is 38.2 Å². The Morgan fingerprint density at radius 1 is 1.26 bits per heavy atom. The molecule has 5 nitrogen and oxygen atoms in total. The molecule has 1 aromatic carbocycles. The van der Waals surface area contributed by atoms with E-state index >= 15 is 0 Å². The van der Waals surface area contributed by atoms with E-state index in [-0.39, 0.29) is 0 Å². The molecule has 0 amide bonds. The van der Waals surface area contributed by atoms with Gasteiger partial charge < -0.3 is 20.3 Å². The quantitative estimate of drug-likeness (QED) is 0.672. The Bertz CT molecular complexity index is 942. The van der Waals surface area contributed by atoms with Gasteiger partial charge in [-0.3, -0.25) is 4.90 Å². The number of fused-ring (bicyclic) bond motifs is 2. The third kappa shape index (κ3) is 4.67. The van der Waals surface area contributed by atoms with Gasteiger partial charge in [-0.25, -0.2) is 0 Å². The maximum atomic E-state index is 6.18. The number of anilines is 1. The first-order valence-electron chi connectivity index (χ1n) is 13.7. The molecule has 0 bridgehead atoms. The summed E-state index contributed by atoms with van der Waals surface area (Å²) in [6.07, 6.45) is 14.6. The summed E-state index contributed by atoms with van der Waals surface area (Å²) in [5.74, 6) is 1.80. The van der Waals surface area contributed by atoms with Crippen LogP contribution in [0.25, 0.3) is 0 Å². The fourth-order valence-electron chi connectivity index (χ4n) is 6.95. The number of allylic oxidation sites excluding steroid dienone is 2. The number of nitrogens with one attached hydrogen (secondary N) is 2. The highest BCUT2D eigenvalue weighted by Gasteiger charge is 2.37. The van der Waals surface area contributed by atoms with E-state index in [1.54, 1.807) is 11.1 Å². The molecule has 184 valence electrons. The predicted octanol–water partition coefficient (Wildman–Crippen LogP) is 3.85. The van der Waals surface area contributed by atoms with E-state index in [4.69, 9.17) is 4.74 Å². The van der Waals surface area contributed by atoms with Gasteiger partial charge in [0.2, 0.25) is 0 Å². The van der Waals surface area contributed by atoms with E-state index in [1.807, 2.05) is 0 Å². The second-order valence-corrected chi connectivity index (χ2v) is 11.5. The fourth-order valence-corrected chi connectivity index (χ4v) is 6.95. The van der Waals surface area contributed by atoms with Crippen molar-refractivity contribution in [1.82, 2.24) is 15.5 Å².